The van der Waals surface area contributed by atoms with Gasteiger partial charge in [0.25, 0.3) is 0 Å². The van der Waals surface area contributed by atoms with Crippen molar-refractivity contribution in [3.63, 3.8) is 0 Å². The minimum Gasteiger partial charge on any atom is -0.444 e. The Hall–Kier alpha value is -2.36. The number of hydrogen-bond donors (Lipinski definition) is 0. The van der Waals surface area contributed by atoms with Crippen LogP contribution in [0.3, 0.4) is 0 Å². The van der Waals surface area contributed by atoms with E-state index in [0.29, 0.717) is 18.2 Å². The number of nitriles is 1. The second-order valence-electron chi connectivity index (χ2n) is 7.19. The first-order valence-corrected chi connectivity index (χ1v) is 8.19. The van der Waals surface area contributed by atoms with Crippen molar-refractivity contribution in [2.24, 2.45) is 5.92 Å². The largest absolute Gasteiger partial charge is 0.444 e. The Bertz CT molecular complexity index is 603. The van der Waals surface area contributed by atoms with Crippen molar-refractivity contribution in [3.8, 4) is 6.07 Å². The van der Waals surface area contributed by atoms with Crippen molar-refractivity contribution in [3.05, 3.63) is 18.1 Å². The smallest absolute Gasteiger partial charge is 0.410 e. The minimum atomic E-state index is -0.484. The van der Waals surface area contributed by atoms with Crippen molar-refractivity contribution in [1.29, 1.82) is 5.26 Å². The molecule has 24 heavy (non-hydrogen) atoms. The average molecular weight is 331 g/mol. The van der Waals surface area contributed by atoms with Crippen LogP contribution < -0.4 is 4.90 Å². The lowest BCUT2D eigenvalue weighted by Gasteiger charge is -2.35. The summed E-state index contributed by atoms with van der Waals surface area (Å²) in [7, 11) is 1.77. The summed E-state index contributed by atoms with van der Waals surface area (Å²) >= 11 is 0. The van der Waals surface area contributed by atoms with E-state index in [0.717, 1.165) is 31.7 Å². The van der Waals surface area contributed by atoms with Crippen molar-refractivity contribution in [2.45, 2.75) is 39.2 Å². The molecule has 1 atom stereocenters. The van der Waals surface area contributed by atoms with E-state index in [1.807, 2.05) is 26.8 Å². The van der Waals surface area contributed by atoms with Gasteiger partial charge in [-0.15, -0.1) is 0 Å². The highest BCUT2D eigenvalue weighted by Gasteiger charge is 2.26. The Morgan fingerprint density at radius 2 is 2.21 bits per heavy atom. The van der Waals surface area contributed by atoms with Crippen LogP contribution in [0.15, 0.2) is 12.4 Å². The molecule has 1 saturated heterocycles. The molecule has 1 unspecified atom stereocenters. The van der Waals surface area contributed by atoms with Gasteiger partial charge >= 0.3 is 6.09 Å². The van der Waals surface area contributed by atoms with Crippen LogP contribution in [0.4, 0.5) is 10.6 Å². The quantitative estimate of drug-likeness (QED) is 0.846. The van der Waals surface area contributed by atoms with Gasteiger partial charge in [0, 0.05) is 26.7 Å². The predicted molar refractivity (Wildman–Crippen MR) is 90.5 cm³/mol. The van der Waals surface area contributed by atoms with E-state index < -0.39 is 5.60 Å². The van der Waals surface area contributed by atoms with E-state index in [9.17, 15) is 4.79 Å². The lowest BCUT2D eigenvalue weighted by Crippen LogP contribution is -2.43. The summed E-state index contributed by atoms with van der Waals surface area (Å²) in [6.45, 7) is 7.97. The van der Waals surface area contributed by atoms with Gasteiger partial charge in [-0.3, -0.25) is 0 Å². The first-order valence-electron chi connectivity index (χ1n) is 8.19. The van der Waals surface area contributed by atoms with Gasteiger partial charge in [0.2, 0.25) is 0 Å². The van der Waals surface area contributed by atoms with E-state index in [-0.39, 0.29) is 6.09 Å². The molecule has 0 spiro atoms. The number of anilines is 1. The van der Waals surface area contributed by atoms with E-state index >= 15 is 0 Å². The average Bonchev–Trinajstić information content (AvgIpc) is 2.53. The number of carbonyl (C=O) groups excluding carboxylic acids is 1. The molecule has 0 bridgehead atoms. The number of piperidine rings is 1. The van der Waals surface area contributed by atoms with Gasteiger partial charge in [-0.05, 0) is 39.5 Å². The normalized spacial score (nSPS) is 18.0. The molecule has 2 heterocycles. The number of rotatable bonds is 3. The second-order valence-corrected chi connectivity index (χ2v) is 7.19. The maximum absolute atomic E-state index is 12.1. The number of carbonyl (C=O) groups is 1. The van der Waals surface area contributed by atoms with E-state index in [1.54, 1.807) is 18.1 Å². The van der Waals surface area contributed by atoms with E-state index in [2.05, 4.69) is 14.9 Å². The minimum absolute atomic E-state index is 0.294. The van der Waals surface area contributed by atoms with Crippen LogP contribution >= 0.6 is 0 Å². The summed E-state index contributed by atoms with van der Waals surface area (Å²) in [6.07, 6.45) is 4.93. The van der Waals surface area contributed by atoms with Crippen molar-refractivity contribution >= 4 is 11.9 Å². The molecule has 7 nitrogen and oxygen atoms in total. The lowest BCUT2D eigenvalue weighted by molar-refractivity contribution is 0.0269. The number of nitrogens with zero attached hydrogens (tertiary/aromatic N) is 5. The zero-order valence-corrected chi connectivity index (χ0v) is 14.8. The third kappa shape index (κ3) is 5.08. The fourth-order valence-corrected chi connectivity index (χ4v) is 2.77. The van der Waals surface area contributed by atoms with Gasteiger partial charge in [0.15, 0.2) is 5.69 Å². The molecule has 0 radical (unpaired) electrons. The molecule has 2 rings (SSSR count). The van der Waals surface area contributed by atoms with Gasteiger partial charge in [0.1, 0.15) is 17.5 Å². The fraction of sp³-hybridized carbons (Fsp3) is 0.647. The molecule has 1 fully saturated rings. The Balaban J connectivity index is 1.92. The molecule has 1 aliphatic heterocycles. The van der Waals surface area contributed by atoms with Crippen LogP contribution in [-0.2, 0) is 4.74 Å². The van der Waals surface area contributed by atoms with Gasteiger partial charge in [0.05, 0.1) is 12.4 Å². The van der Waals surface area contributed by atoms with Gasteiger partial charge in [-0.2, -0.15) is 5.26 Å². The zero-order chi connectivity index (χ0) is 17.7. The lowest BCUT2D eigenvalue weighted by atomic mass is 9.97. The first kappa shape index (κ1) is 18.0. The molecule has 1 aliphatic rings. The summed E-state index contributed by atoms with van der Waals surface area (Å²) in [4.78, 5) is 24.3. The molecule has 0 aromatic carbocycles. The van der Waals surface area contributed by atoms with Crippen LogP contribution in [-0.4, -0.2) is 53.2 Å². The van der Waals surface area contributed by atoms with E-state index in [4.69, 9.17) is 10.00 Å². The first-order chi connectivity index (χ1) is 11.3. The van der Waals surface area contributed by atoms with Crippen molar-refractivity contribution < 1.29 is 9.53 Å². The van der Waals surface area contributed by atoms with Crippen molar-refractivity contribution in [2.75, 3.05) is 31.6 Å². The van der Waals surface area contributed by atoms with Crippen LogP contribution in [0.5, 0.6) is 0 Å². The maximum Gasteiger partial charge on any atom is 0.410 e. The fourth-order valence-electron chi connectivity index (χ4n) is 2.77. The van der Waals surface area contributed by atoms with Gasteiger partial charge < -0.3 is 14.5 Å². The highest BCUT2D eigenvalue weighted by Crippen LogP contribution is 2.22. The number of aromatic nitrogens is 2. The molecule has 1 amide bonds. The van der Waals surface area contributed by atoms with Gasteiger partial charge in [-0.1, -0.05) is 0 Å². The molecule has 7 heteroatoms. The predicted octanol–water partition coefficient (Wildman–Crippen LogP) is 2.43. The van der Waals surface area contributed by atoms with Crippen LogP contribution in [0.2, 0.25) is 0 Å². The van der Waals surface area contributed by atoms with Crippen LogP contribution in [0, 0.1) is 17.2 Å². The summed E-state index contributed by atoms with van der Waals surface area (Å²) in [5.74, 6) is 1.13. The van der Waals surface area contributed by atoms with Crippen molar-refractivity contribution in [1.82, 2.24) is 14.9 Å². The Kier molecular flexibility index (Phi) is 5.60. The van der Waals surface area contributed by atoms with Gasteiger partial charge in [-0.25, -0.2) is 14.8 Å². The zero-order valence-electron chi connectivity index (χ0n) is 14.8. The Labute approximate surface area is 143 Å². The summed E-state index contributed by atoms with van der Waals surface area (Å²) in [5.41, 5.74) is -0.167. The summed E-state index contributed by atoms with van der Waals surface area (Å²) in [5, 5.41) is 8.80. The Morgan fingerprint density at radius 1 is 1.46 bits per heavy atom. The number of amides is 1. The molecule has 0 aliphatic carbocycles. The number of ether oxygens (including phenoxy) is 1. The highest BCUT2D eigenvalue weighted by atomic mass is 16.6. The molecular weight excluding hydrogens is 306 g/mol. The Morgan fingerprint density at radius 3 is 2.79 bits per heavy atom. The topological polar surface area (TPSA) is 82.4 Å². The molecule has 1 aromatic heterocycles. The highest BCUT2D eigenvalue weighted by molar-refractivity contribution is 5.67. The monoisotopic (exact) mass is 331 g/mol. The van der Waals surface area contributed by atoms with E-state index in [1.165, 1.54) is 6.20 Å². The SMILES string of the molecule is CN(CC1CCCN(c2cnc(C#N)cn2)C1)C(=O)OC(C)(C)C. The number of hydrogen-bond acceptors (Lipinski definition) is 6. The molecule has 130 valence electrons. The summed E-state index contributed by atoms with van der Waals surface area (Å²) < 4.78 is 5.40. The molecule has 0 saturated carbocycles. The third-order valence-electron chi connectivity index (χ3n) is 3.83. The molecule has 0 N–H and O–H groups in total. The van der Waals surface area contributed by atoms with Crippen LogP contribution in [0.1, 0.15) is 39.3 Å². The summed E-state index contributed by atoms with van der Waals surface area (Å²) in [6, 6.07) is 1.97. The third-order valence-corrected chi connectivity index (χ3v) is 3.83. The second kappa shape index (κ2) is 7.47. The maximum atomic E-state index is 12.1. The standard InChI is InChI=1S/C17H25N5O2/c1-17(2,3)24-16(23)21(4)11-13-6-5-7-22(12-13)15-10-19-14(8-18)9-20-15/h9-10,13H,5-7,11-12H2,1-4H3. The molecule has 1 aromatic rings. The molecular formula is C17H25N5O2. The van der Waals surface area contributed by atoms with Crippen LogP contribution in [0.25, 0.3) is 0 Å².